The maximum atomic E-state index is 13.0. The molecule has 148 valence electrons. The average Bonchev–Trinajstić information content (AvgIpc) is 3.19. The predicted molar refractivity (Wildman–Crippen MR) is 105 cm³/mol. The Labute approximate surface area is 168 Å². The van der Waals surface area contributed by atoms with Gasteiger partial charge in [-0.1, -0.05) is 23.7 Å². The summed E-state index contributed by atoms with van der Waals surface area (Å²) in [6, 6.07) is 11.3. The number of benzene rings is 2. The van der Waals surface area contributed by atoms with Crippen molar-refractivity contribution in [1.29, 1.82) is 0 Å². The Morgan fingerprint density at radius 1 is 1.14 bits per heavy atom. The first-order valence-corrected chi connectivity index (χ1v) is 10.4. The van der Waals surface area contributed by atoms with E-state index in [1.165, 1.54) is 41.7 Å². The van der Waals surface area contributed by atoms with Gasteiger partial charge in [-0.2, -0.15) is 4.31 Å². The molecule has 0 saturated carbocycles. The molecule has 0 bridgehead atoms. The fourth-order valence-corrected chi connectivity index (χ4v) is 4.91. The first-order valence-electron chi connectivity index (χ1n) is 8.60. The number of hydrogen-bond donors (Lipinski definition) is 1. The number of nitrogens with one attached hydrogen (secondary N) is 1. The Bertz CT molecular complexity index is 992. The van der Waals surface area contributed by atoms with E-state index in [-0.39, 0.29) is 22.7 Å². The monoisotopic (exact) mass is 422 g/mol. The molecule has 1 fully saturated rings. The molecule has 28 heavy (non-hydrogen) atoms. The van der Waals surface area contributed by atoms with Crippen LogP contribution in [0.1, 0.15) is 23.2 Å². The molecule has 3 rings (SSSR count). The van der Waals surface area contributed by atoms with Crippen molar-refractivity contribution in [2.24, 2.45) is 0 Å². The molecule has 0 radical (unpaired) electrons. The molecular weight excluding hydrogens is 404 g/mol. The number of carbonyl (C=O) groups is 2. The van der Waals surface area contributed by atoms with E-state index in [2.05, 4.69) is 5.32 Å². The van der Waals surface area contributed by atoms with Gasteiger partial charge in [-0.05, 0) is 49.2 Å². The number of sulfonamides is 1. The average molecular weight is 423 g/mol. The Balaban J connectivity index is 1.84. The lowest BCUT2D eigenvalue weighted by molar-refractivity contribution is -0.119. The van der Waals surface area contributed by atoms with Gasteiger partial charge >= 0.3 is 5.97 Å². The van der Waals surface area contributed by atoms with Crippen LogP contribution < -0.4 is 5.32 Å². The zero-order valence-corrected chi connectivity index (χ0v) is 16.7. The van der Waals surface area contributed by atoms with Crippen LogP contribution in [0.4, 0.5) is 5.69 Å². The zero-order chi connectivity index (χ0) is 20.3. The van der Waals surface area contributed by atoms with Crippen molar-refractivity contribution < 1.29 is 22.7 Å². The summed E-state index contributed by atoms with van der Waals surface area (Å²) in [6.07, 6.45) is 0.947. The van der Waals surface area contributed by atoms with E-state index < -0.39 is 27.9 Å². The molecule has 7 nitrogen and oxygen atoms in total. The number of esters is 1. The lowest BCUT2D eigenvalue weighted by atomic mass is 10.1. The van der Waals surface area contributed by atoms with Crippen molar-refractivity contribution in [1.82, 2.24) is 4.31 Å². The number of methoxy groups -OCH3 is 1. The molecule has 0 aromatic heterocycles. The second-order valence-corrected chi connectivity index (χ2v) is 8.58. The quantitative estimate of drug-likeness (QED) is 0.748. The maximum absolute atomic E-state index is 13.0. The molecular formula is C19H19ClN2O5S. The minimum atomic E-state index is -3.85. The third-order valence-electron chi connectivity index (χ3n) is 4.52. The van der Waals surface area contributed by atoms with Gasteiger partial charge in [0.1, 0.15) is 6.04 Å². The summed E-state index contributed by atoms with van der Waals surface area (Å²) in [5.41, 5.74) is 0.471. The smallest absolute Gasteiger partial charge is 0.339 e. The van der Waals surface area contributed by atoms with Crippen molar-refractivity contribution in [3.8, 4) is 0 Å². The molecule has 9 heteroatoms. The van der Waals surface area contributed by atoms with Gasteiger partial charge in [-0.3, -0.25) is 4.79 Å². The van der Waals surface area contributed by atoms with Gasteiger partial charge in [0.25, 0.3) is 0 Å². The molecule has 1 saturated heterocycles. The number of amides is 1. The number of ether oxygens (including phenoxy) is 1. The van der Waals surface area contributed by atoms with Gasteiger partial charge in [0.2, 0.25) is 15.9 Å². The summed E-state index contributed by atoms with van der Waals surface area (Å²) in [6.45, 7) is 0.238. The molecule has 1 atom stereocenters. The third kappa shape index (κ3) is 4.04. The molecule has 0 aliphatic carbocycles. The van der Waals surface area contributed by atoms with Crippen molar-refractivity contribution in [2.75, 3.05) is 19.0 Å². The fourth-order valence-electron chi connectivity index (χ4n) is 3.13. The number of halogens is 1. The molecule has 2 aromatic carbocycles. The number of nitrogens with zero attached hydrogens (tertiary/aromatic N) is 1. The predicted octanol–water partition coefficient (Wildman–Crippen LogP) is 2.92. The highest BCUT2D eigenvalue weighted by atomic mass is 35.5. The van der Waals surface area contributed by atoms with Crippen LogP contribution in [0.2, 0.25) is 5.02 Å². The number of rotatable bonds is 5. The van der Waals surface area contributed by atoms with Crippen LogP contribution in [0.3, 0.4) is 0 Å². The summed E-state index contributed by atoms with van der Waals surface area (Å²) in [5.74, 6) is -1.08. The Kier molecular flexibility index (Phi) is 6.02. The van der Waals surface area contributed by atoms with Gasteiger partial charge in [0, 0.05) is 11.6 Å². The number of para-hydroxylation sites is 1. The second kappa shape index (κ2) is 8.30. The van der Waals surface area contributed by atoms with Gasteiger partial charge in [-0.25, -0.2) is 13.2 Å². The van der Waals surface area contributed by atoms with Crippen LogP contribution in [-0.2, 0) is 19.6 Å². The highest BCUT2D eigenvalue weighted by molar-refractivity contribution is 7.89. The molecule has 1 N–H and O–H groups in total. The topological polar surface area (TPSA) is 92.8 Å². The van der Waals surface area contributed by atoms with Gasteiger partial charge in [-0.15, -0.1) is 0 Å². The van der Waals surface area contributed by atoms with E-state index in [4.69, 9.17) is 16.3 Å². The normalized spacial score (nSPS) is 17.3. The number of anilines is 1. The summed E-state index contributed by atoms with van der Waals surface area (Å²) in [7, 11) is -2.60. The van der Waals surface area contributed by atoms with Crippen molar-refractivity contribution >= 4 is 39.2 Å². The highest BCUT2D eigenvalue weighted by Crippen LogP contribution is 2.28. The molecule has 1 heterocycles. The molecule has 1 unspecified atom stereocenters. The fraction of sp³-hybridized carbons (Fsp3) is 0.263. The largest absolute Gasteiger partial charge is 0.465 e. The maximum Gasteiger partial charge on any atom is 0.339 e. The minimum absolute atomic E-state index is 0.0755. The lowest BCUT2D eigenvalue weighted by Gasteiger charge is -2.23. The van der Waals surface area contributed by atoms with E-state index in [1.807, 2.05) is 0 Å². The Morgan fingerprint density at radius 3 is 2.50 bits per heavy atom. The zero-order valence-electron chi connectivity index (χ0n) is 15.1. The standard InChI is InChI=1S/C19H19ClN2O5S/c1-27-19(24)15-5-2-3-6-16(15)21-18(23)17-7-4-12-22(17)28(25,26)14-10-8-13(20)9-11-14/h2-3,5-6,8-11,17H,4,7,12H2,1H3,(H,21,23). The van der Waals surface area contributed by atoms with Crippen molar-refractivity contribution in [3.05, 3.63) is 59.1 Å². The number of hydrogen-bond acceptors (Lipinski definition) is 5. The first kappa shape index (κ1) is 20.3. The number of carbonyl (C=O) groups excluding carboxylic acids is 2. The SMILES string of the molecule is COC(=O)c1ccccc1NC(=O)C1CCCN1S(=O)(=O)c1ccc(Cl)cc1. The first-order chi connectivity index (χ1) is 13.3. The van der Waals surface area contributed by atoms with Gasteiger partial charge in [0.05, 0.1) is 23.3 Å². The van der Waals surface area contributed by atoms with Crippen LogP contribution >= 0.6 is 11.6 Å². The molecule has 2 aromatic rings. The lowest BCUT2D eigenvalue weighted by Crippen LogP contribution is -2.43. The van der Waals surface area contributed by atoms with E-state index in [9.17, 15) is 18.0 Å². The summed E-state index contributed by atoms with van der Waals surface area (Å²) in [5, 5.41) is 3.09. The van der Waals surface area contributed by atoms with Crippen molar-refractivity contribution in [2.45, 2.75) is 23.8 Å². The highest BCUT2D eigenvalue weighted by Gasteiger charge is 2.39. The third-order valence-corrected chi connectivity index (χ3v) is 6.69. The molecule has 1 aliphatic heterocycles. The van der Waals surface area contributed by atoms with Crippen LogP contribution in [0, 0.1) is 0 Å². The van der Waals surface area contributed by atoms with E-state index in [0.717, 1.165) is 0 Å². The summed E-state index contributed by atoms with van der Waals surface area (Å²) < 4.78 is 31.8. The Hall–Kier alpha value is -2.42. The minimum Gasteiger partial charge on any atom is -0.465 e. The second-order valence-electron chi connectivity index (χ2n) is 6.25. The molecule has 1 amide bonds. The van der Waals surface area contributed by atoms with Crippen LogP contribution in [0.15, 0.2) is 53.4 Å². The Morgan fingerprint density at radius 2 is 1.82 bits per heavy atom. The van der Waals surface area contributed by atoms with Crippen LogP contribution in [0.25, 0.3) is 0 Å². The van der Waals surface area contributed by atoms with Crippen LogP contribution in [-0.4, -0.2) is 44.3 Å². The van der Waals surface area contributed by atoms with E-state index >= 15 is 0 Å². The van der Waals surface area contributed by atoms with E-state index in [0.29, 0.717) is 17.9 Å². The summed E-state index contributed by atoms with van der Waals surface area (Å²) >= 11 is 5.83. The van der Waals surface area contributed by atoms with Gasteiger partial charge < -0.3 is 10.1 Å². The molecule has 1 aliphatic rings. The van der Waals surface area contributed by atoms with Crippen LogP contribution in [0.5, 0.6) is 0 Å². The van der Waals surface area contributed by atoms with E-state index in [1.54, 1.807) is 18.2 Å². The van der Waals surface area contributed by atoms with Crippen molar-refractivity contribution in [3.63, 3.8) is 0 Å². The molecule has 0 spiro atoms. The van der Waals surface area contributed by atoms with Gasteiger partial charge in [0.15, 0.2) is 0 Å². The summed E-state index contributed by atoms with van der Waals surface area (Å²) in [4.78, 5) is 24.8.